The number of ether oxygens (including phenoxy) is 3. The highest BCUT2D eigenvalue weighted by molar-refractivity contribution is 5.76. The van der Waals surface area contributed by atoms with E-state index in [0.29, 0.717) is 6.42 Å². The van der Waals surface area contributed by atoms with Gasteiger partial charge in [0, 0.05) is 6.42 Å². The number of nitrogens with one attached hydrogen (secondary N) is 1. The van der Waals surface area contributed by atoms with Crippen LogP contribution in [-0.4, -0.2) is 53.4 Å². The molecule has 0 aromatic heterocycles. The minimum atomic E-state index is -1.12. The van der Waals surface area contributed by atoms with Crippen molar-refractivity contribution >= 4 is 5.91 Å². The van der Waals surface area contributed by atoms with Crippen molar-refractivity contribution in [3.8, 4) is 0 Å². The molecule has 0 bridgehead atoms. The third-order valence-corrected chi connectivity index (χ3v) is 7.32. The Balaban J connectivity index is 1.77. The Morgan fingerprint density at radius 1 is 0.949 bits per heavy atom. The molecule has 1 heterocycles. The number of aliphatic hydroxyl groups excluding tert-OH is 2. The number of hydrogen-bond donors (Lipinski definition) is 3. The van der Waals surface area contributed by atoms with Crippen LogP contribution in [0.3, 0.4) is 0 Å². The number of benzene rings is 1. The number of rotatable bonds is 21. The molecule has 1 amide bonds. The van der Waals surface area contributed by atoms with Gasteiger partial charge in [-0.1, -0.05) is 120 Å². The van der Waals surface area contributed by atoms with E-state index in [2.05, 4.69) is 12.2 Å². The lowest BCUT2D eigenvalue weighted by Crippen LogP contribution is -2.65. The zero-order valence-electron chi connectivity index (χ0n) is 24.3. The van der Waals surface area contributed by atoms with Crippen molar-refractivity contribution in [3.05, 3.63) is 48.2 Å². The van der Waals surface area contributed by atoms with Crippen LogP contribution in [0.15, 0.2) is 42.7 Å². The molecule has 3 N–H and O–H groups in total. The van der Waals surface area contributed by atoms with Crippen molar-refractivity contribution in [2.24, 2.45) is 0 Å². The molecular weight excluding hydrogens is 494 g/mol. The van der Waals surface area contributed by atoms with Gasteiger partial charge in [-0.2, -0.15) is 0 Å². The van der Waals surface area contributed by atoms with Crippen LogP contribution in [0.4, 0.5) is 0 Å². The summed E-state index contributed by atoms with van der Waals surface area (Å²) in [5.41, 5.74) is 0.944. The zero-order chi connectivity index (χ0) is 28.1. The van der Waals surface area contributed by atoms with Crippen LogP contribution in [0, 0.1) is 0 Å². The van der Waals surface area contributed by atoms with E-state index in [1.165, 1.54) is 70.5 Å². The minimum Gasteiger partial charge on any atom is -0.471 e. The first-order chi connectivity index (χ1) is 19.1. The normalized spacial score (nSPS) is 23.2. The van der Waals surface area contributed by atoms with Crippen molar-refractivity contribution in [2.75, 3.05) is 6.61 Å². The summed E-state index contributed by atoms with van der Waals surface area (Å²) >= 11 is 0. The largest absolute Gasteiger partial charge is 0.471 e. The number of allylic oxidation sites excluding steroid dienone is 1. The van der Waals surface area contributed by atoms with Crippen LogP contribution >= 0.6 is 0 Å². The maximum absolute atomic E-state index is 12.9. The number of carbonyl (C=O) groups is 1. The second-order valence-corrected chi connectivity index (χ2v) is 10.7. The highest BCUT2D eigenvalue weighted by Gasteiger charge is 2.47. The van der Waals surface area contributed by atoms with Gasteiger partial charge >= 0.3 is 0 Å². The fourth-order valence-corrected chi connectivity index (χ4v) is 5.02. The van der Waals surface area contributed by atoms with E-state index in [9.17, 15) is 15.0 Å². The fourth-order valence-electron chi connectivity index (χ4n) is 5.02. The lowest BCUT2D eigenvalue weighted by atomic mass is 9.96. The van der Waals surface area contributed by atoms with Gasteiger partial charge in [0.1, 0.15) is 24.4 Å². The predicted molar refractivity (Wildman–Crippen MR) is 155 cm³/mol. The maximum Gasteiger partial charge on any atom is 0.222 e. The molecule has 0 aliphatic carbocycles. The molecule has 1 saturated heterocycles. The van der Waals surface area contributed by atoms with Gasteiger partial charge in [-0.15, -0.1) is 0 Å². The quantitative estimate of drug-likeness (QED) is 0.126. The van der Waals surface area contributed by atoms with Crippen molar-refractivity contribution in [2.45, 2.75) is 141 Å². The smallest absolute Gasteiger partial charge is 0.222 e. The van der Waals surface area contributed by atoms with Gasteiger partial charge in [-0.25, -0.2) is 0 Å². The molecule has 1 aliphatic rings. The topological polar surface area (TPSA) is 97.2 Å². The first-order valence-corrected chi connectivity index (χ1v) is 15.3. The Hall–Kier alpha value is -1.93. The average Bonchev–Trinajstić information content (AvgIpc) is 2.95. The Morgan fingerprint density at radius 2 is 1.54 bits per heavy atom. The Labute approximate surface area is 236 Å². The SMILES string of the molecule is CC=CO[C@@H]1O[C@H](CO)[C@@H](O)[C@H](OCc2ccccc2)[C@H]1NC(=O)CCCCCCCCCCCCCCC. The van der Waals surface area contributed by atoms with E-state index < -0.39 is 30.6 Å². The molecule has 222 valence electrons. The molecule has 1 aromatic rings. The number of unbranched alkanes of at least 4 members (excludes halogenated alkanes) is 12. The lowest BCUT2D eigenvalue weighted by Gasteiger charge is -2.43. The van der Waals surface area contributed by atoms with Gasteiger partial charge in [0.2, 0.25) is 12.2 Å². The van der Waals surface area contributed by atoms with E-state index in [1.54, 1.807) is 6.08 Å². The number of hydrogen-bond acceptors (Lipinski definition) is 6. The molecule has 2 rings (SSSR count). The van der Waals surface area contributed by atoms with Gasteiger partial charge in [0.15, 0.2) is 0 Å². The maximum atomic E-state index is 12.9. The summed E-state index contributed by atoms with van der Waals surface area (Å²) in [6.07, 6.45) is 16.2. The van der Waals surface area contributed by atoms with Crippen LogP contribution in [0.1, 0.15) is 109 Å². The summed E-state index contributed by atoms with van der Waals surface area (Å²) in [5, 5.41) is 23.7. The molecule has 7 heteroatoms. The highest BCUT2D eigenvalue weighted by Crippen LogP contribution is 2.26. The zero-order valence-corrected chi connectivity index (χ0v) is 24.3. The monoisotopic (exact) mass is 547 g/mol. The van der Waals surface area contributed by atoms with Gasteiger partial charge in [-0.05, 0) is 18.9 Å². The van der Waals surface area contributed by atoms with E-state index >= 15 is 0 Å². The molecule has 5 atom stereocenters. The summed E-state index contributed by atoms with van der Waals surface area (Å²) in [5.74, 6) is -0.122. The molecule has 0 radical (unpaired) electrons. The van der Waals surface area contributed by atoms with Crippen LogP contribution in [-0.2, 0) is 25.6 Å². The average molecular weight is 548 g/mol. The summed E-state index contributed by atoms with van der Waals surface area (Å²) in [6.45, 7) is 3.93. The molecule has 0 spiro atoms. The Morgan fingerprint density at radius 3 is 2.10 bits per heavy atom. The predicted octanol–water partition coefficient (Wildman–Crippen LogP) is 6.17. The fraction of sp³-hybridized carbons (Fsp3) is 0.719. The molecule has 1 aliphatic heterocycles. The standard InChI is InChI=1S/C32H53NO6/c1-3-5-6-7-8-9-10-11-12-13-14-15-19-22-28(35)33-29-31(38-25-26-20-17-16-18-21-26)30(36)27(24-34)39-32(29)37-23-4-2/h4,16-18,20-21,23,27,29-32,34,36H,3,5-15,19,22,24-25H2,1-2H3,(H,33,35)/t27-,29-,30-,31-,32-/m1/s1. The lowest BCUT2D eigenvalue weighted by molar-refractivity contribution is -0.265. The second kappa shape index (κ2) is 20.9. The van der Waals surface area contributed by atoms with Gasteiger partial charge in [-0.3, -0.25) is 4.79 Å². The van der Waals surface area contributed by atoms with Crippen LogP contribution in [0.5, 0.6) is 0 Å². The van der Waals surface area contributed by atoms with Gasteiger partial charge < -0.3 is 29.7 Å². The Bertz CT molecular complexity index is 773. The summed E-state index contributed by atoms with van der Waals surface area (Å²) < 4.78 is 17.6. The summed E-state index contributed by atoms with van der Waals surface area (Å²) in [6, 6.07) is 8.91. The first-order valence-electron chi connectivity index (χ1n) is 15.3. The molecule has 1 fully saturated rings. The Kier molecular flexibility index (Phi) is 17.8. The van der Waals surface area contributed by atoms with Crippen molar-refractivity contribution in [1.82, 2.24) is 5.32 Å². The number of aliphatic hydroxyl groups is 2. The van der Waals surface area contributed by atoms with Crippen molar-refractivity contribution in [3.63, 3.8) is 0 Å². The minimum absolute atomic E-state index is 0.122. The molecular formula is C32H53NO6. The van der Waals surface area contributed by atoms with Crippen molar-refractivity contribution < 1.29 is 29.2 Å². The third-order valence-electron chi connectivity index (χ3n) is 7.32. The molecule has 0 unspecified atom stereocenters. The molecule has 0 saturated carbocycles. The van der Waals surface area contributed by atoms with Gasteiger partial charge in [0.05, 0.1) is 19.5 Å². The molecule has 39 heavy (non-hydrogen) atoms. The highest BCUT2D eigenvalue weighted by atomic mass is 16.7. The van der Waals surface area contributed by atoms with E-state index in [0.717, 1.165) is 24.8 Å². The summed E-state index contributed by atoms with van der Waals surface area (Å²) in [7, 11) is 0. The van der Waals surface area contributed by atoms with E-state index in [-0.39, 0.29) is 19.1 Å². The second-order valence-electron chi connectivity index (χ2n) is 10.7. The first kappa shape index (κ1) is 33.3. The van der Waals surface area contributed by atoms with Crippen LogP contribution in [0.2, 0.25) is 0 Å². The third kappa shape index (κ3) is 13.3. The molecule has 7 nitrogen and oxygen atoms in total. The van der Waals surface area contributed by atoms with Gasteiger partial charge in [0.25, 0.3) is 0 Å². The van der Waals surface area contributed by atoms with Crippen LogP contribution < -0.4 is 5.32 Å². The van der Waals surface area contributed by atoms with Crippen molar-refractivity contribution in [1.29, 1.82) is 0 Å². The summed E-state index contributed by atoms with van der Waals surface area (Å²) in [4.78, 5) is 12.9. The molecule has 1 aromatic carbocycles. The number of carbonyl (C=O) groups excluding carboxylic acids is 1. The van der Waals surface area contributed by atoms with E-state index in [1.807, 2.05) is 37.3 Å². The van der Waals surface area contributed by atoms with Crippen LogP contribution in [0.25, 0.3) is 0 Å². The van der Waals surface area contributed by atoms with E-state index in [4.69, 9.17) is 14.2 Å². The number of amides is 1.